The third kappa shape index (κ3) is 6.79. The van der Waals surface area contributed by atoms with Gasteiger partial charge in [-0.2, -0.15) is 0 Å². The maximum absolute atomic E-state index is 14.5. The second-order valence-electron chi connectivity index (χ2n) is 11.7. The Morgan fingerprint density at radius 3 is 2.25 bits per heavy atom. The van der Waals surface area contributed by atoms with E-state index in [2.05, 4.69) is 40.3 Å². The zero-order chi connectivity index (χ0) is 30.6. The van der Waals surface area contributed by atoms with Gasteiger partial charge in [0.1, 0.15) is 24.7 Å². The standard InChI is InChI=1S/C35H38BrN3O5/c1-23-4-2-3-5-24(23)16-17-38(27-10-11-27)34(40)33-31(20-28-21-37-22-32(33)39(28)35(41)42)25-6-12-29(13-7-25)43-18-19-44-30-14-8-26(36)9-15-30/h2-9,12-15,27-28,32,37H,10-11,16-22H2,1H3,(H,41,42)/t28-,32-/m1/s1. The van der Waals surface area contributed by atoms with Gasteiger partial charge in [-0.05, 0) is 91.3 Å². The van der Waals surface area contributed by atoms with Crippen LogP contribution in [0.2, 0.25) is 0 Å². The molecule has 0 spiro atoms. The molecule has 2 N–H and O–H groups in total. The Kier molecular flexibility index (Phi) is 9.23. The average Bonchev–Trinajstić information content (AvgIpc) is 3.86. The SMILES string of the molecule is Cc1ccccc1CCN(C(=O)C1=C(c2ccc(OCCOc3ccc(Br)cc3)cc2)C[C@@H]2CNC[C@H]1N2C(=O)O)C1CC1. The van der Waals surface area contributed by atoms with Crippen LogP contribution >= 0.6 is 15.9 Å². The minimum Gasteiger partial charge on any atom is -0.490 e. The van der Waals surface area contributed by atoms with Crippen molar-refractivity contribution in [1.82, 2.24) is 15.1 Å². The lowest BCUT2D eigenvalue weighted by Gasteiger charge is -2.47. The number of hydrogen-bond acceptors (Lipinski definition) is 5. The lowest BCUT2D eigenvalue weighted by atomic mass is 9.82. The van der Waals surface area contributed by atoms with Gasteiger partial charge >= 0.3 is 6.09 Å². The molecule has 0 radical (unpaired) electrons. The number of benzene rings is 3. The largest absolute Gasteiger partial charge is 0.490 e. The molecule has 8 nitrogen and oxygen atoms in total. The van der Waals surface area contributed by atoms with E-state index in [0.717, 1.165) is 40.6 Å². The van der Waals surface area contributed by atoms with Crippen molar-refractivity contribution >= 4 is 33.5 Å². The fourth-order valence-corrected chi connectivity index (χ4v) is 6.62. The molecule has 3 aromatic carbocycles. The molecule has 9 heteroatoms. The van der Waals surface area contributed by atoms with Gasteiger partial charge in [0.15, 0.2) is 0 Å². The third-order valence-electron chi connectivity index (χ3n) is 8.77. The number of piperazine rings is 1. The van der Waals surface area contributed by atoms with Crippen LogP contribution in [0.4, 0.5) is 4.79 Å². The number of fused-ring (bicyclic) bond motifs is 2. The Hall–Kier alpha value is -3.82. The summed E-state index contributed by atoms with van der Waals surface area (Å²) in [6.07, 6.45) is 2.23. The molecular formula is C35H38BrN3O5. The van der Waals surface area contributed by atoms with Crippen LogP contribution in [0, 0.1) is 6.92 Å². The molecule has 2 fully saturated rings. The predicted molar refractivity (Wildman–Crippen MR) is 173 cm³/mol. The summed E-state index contributed by atoms with van der Waals surface area (Å²) in [7, 11) is 0. The number of rotatable bonds is 11. The summed E-state index contributed by atoms with van der Waals surface area (Å²) in [5.74, 6) is 1.45. The highest BCUT2D eigenvalue weighted by atomic mass is 79.9. The molecule has 0 aromatic heterocycles. The summed E-state index contributed by atoms with van der Waals surface area (Å²) in [5.41, 5.74) is 4.92. The van der Waals surface area contributed by atoms with E-state index < -0.39 is 12.1 Å². The summed E-state index contributed by atoms with van der Waals surface area (Å²) >= 11 is 3.42. The maximum Gasteiger partial charge on any atom is 0.408 e. The minimum atomic E-state index is -0.974. The van der Waals surface area contributed by atoms with Gasteiger partial charge in [-0.15, -0.1) is 0 Å². The molecule has 230 valence electrons. The molecule has 0 unspecified atom stereocenters. The Morgan fingerprint density at radius 2 is 1.61 bits per heavy atom. The van der Waals surface area contributed by atoms with E-state index >= 15 is 0 Å². The zero-order valence-electron chi connectivity index (χ0n) is 24.9. The number of aryl methyl sites for hydroxylation is 1. The van der Waals surface area contributed by atoms with Crippen LogP contribution in [0.3, 0.4) is 0 Å². The minimum absolute atomic E-state index is 0.0418. The lowest BCUT2D eigenvalue weighted by Crippen LogP contribution is -2.63. The van der Waals surface area contributed by atoms with Gasteiger partial charge in [-0.25, -0.2) is 4.79 Å². The number of nitrogens with zero attached hydrogens (tertiary/aromatic N) is 2. The lowest BCUT2D eigenvalue weighted by molar-refractivity contribution is -0.128. The van der Waals surface area contributed by atoms with E-state index in [1.807, 2.05) is 65.6 Å². The number of amides is 2. The molecule has 2 aliphatic heterocycles. The summed E-state index contributed by atoms with van der Waals surface area (Å²) in [6, 6.07) is 23.2. The maximum atomic E-state index is 14.5. The van der Waals surface area contributed by atoms with Gasteiger partial charge in [0.25, 0.3) is 5.91 Å². The molecule has 44 heavy (non-hydrogen) atoms. The van der Waals surface area contributed by atoms with Crippen molar-refractivity contribution in [2.24, 2.45) is 0 Å². The summed E-state index contributed by atoms with van der Waals surface area (Å²) < 4.78 is 12.7. The highest BCUT2D eigenvalue weighted by molar-refractivity contribution is 9.10. The van der Waals surface area contributed by atoms with E-state index in [9.17, 15) is 14.7 Å². The molecule has 2 bridgehead atoms. The van der Waals surface area contributed by atoms with Crippen LogP contribution < -0.4 is 14.8 Å². The zero-order valence-corrected chi connectivity index (χ0v) is 26.5. The Morgan fingerprint density at radius 1 is 0.955 bits per heavy atom. The fraction of sp³-hybridized carbons (Fsp3) is 0.371. The molecule has 3 aromatic rings. The molecule has 1 saturated carbocycles. The summed E-state index contributed by atoms with van der Waals surface area (Å²) in [6.45, 7) is 4.49. The van der Waals surface area contributed by atoms with E-state index in [1.165, 1.54) is 16.0 Å². The van der Waals surface area contributed by atoms with Crippen molar-refractivity contribution in [2.75, 3.05) is 32.8 Å². The van der Waals surface area contributed by atoms with Crippen LogP contribution in [-0.4, -0.2) is 77.9 Å². The smallest absolute Gasteiger partial charge is 0.408 e. The Bertz CT molecular complexity index is 1520. The number of carbonyl (C=O) groups is 2. The molecular weight excluding hydrogens is 622 g/mol. The molecule has 6 rings (SSSR count). The number of nitrogens with one attached hydrogen (secondary N) is 1. The van der Waals surface area contributed by atoms with Crippen LogP contribution in [0.15, 0.2) is 82.8 Å². The van der Waals surface area contributed by atoms with Gasteiger partial charge < -0.3 is 24.8 Å². The van der Waals surface area contributed by atoms with Crippen molar-refractivity contribution in [2.45, 2.75) is 50.7 Å². The van der Waals surface area contributed by atoms with Crippen LogP contribution in [0.5, 0.6) is 11.5 Å². The van der Waals surface area contributed by atoms with Crippen molar-refractivity contribution in [3.05, 3.63) is 99.5 Å². The summed E-state index contributed by atoms with van der Waals surface area (Å²) in [5, 5.41) is 13.6. The van der Waals surface area contributed by atoms with E-state index in [-0.39, 0.29) is 18.0 Å². The van der Waals surface area contributed by atoms with Gasteiger partial charge in [0.05, 0.1) is 12.1 Å². The van der Waals surface area contributed by atoms with Gasteiger partial charge in [-0.3, -0.25) is 9.69 Å². The first kappa shape index (κ1) is 30.2. The first-order valence-corrected chi connectivity index (χ1v) is 16.1. The first-order valence-electron chi connectivity index (χ1n) is 15.3. The van der Waals surface area contributed by atoms with Gasteiger partial charge in [0.2, 0.25) is 0 Å². The van der Waals surface area contributed by atoms with Crippen molar-refractivity contribution in [3.63, 3.8) is 0 Å². The average molecular weight is 661 g/mol. The highest BCUT2D eigenvalue weighted by Crippen LogP contribution is 2.39. The Balaban J connectivity index is 1.23. The monoisotopic (exact) mass is 659 g/mol. The number of ether oxygens (including phenoxy) is 2. The van der Waals surface area contributed by atoms with Crippen LogP contribution in [-0.2, 0) is 11.2 Å². The van der Waals surface area contributed by atoms with Crippen molar-refractivity contribution in [1.29, 1.82) is 0 Å². The highest BCUT2D eigenvalue weighted by Gasteiger charge is 2.46. The van der Waals surface area contributed by atoms with Crippen LogP contribution in [0.1, 0.15) is 36.0 Å². The quantitative estimate of drug-likeness (QED) is 0.248. The third-order valence-corrected chi connectivity index (χ3v) is 9.29. The number of carboxylic acid groups (broad SMARTS) is 1. The first-order chi connectivity index (χ1) is 21.4. The molecule has 3 aliphatic rings. The van der Waals surface area contributed by atoms with Crippen LogP contribution in [0.25, 0.3) is 5.57 Å². The summed E-state index contributed by atoms with van der Waals surface area (Å²) in [4.78, 5) is 30.4. The fourth-order valence-electron chi connectivity index (χ4n) is 6.36. The van der Waals surface area contributed by atoms with Gasteiger partial charge in [0, 0.05) is 35.7 Å². The van der Waals surface area contributed by atoms with Crippen molar-refractivity contribution < 1.29 is 24.2 Å². The van der Waals surface area contributed by atoms with Gasteiger partial charge in [-0.1, -0.05) is 52.3 Å². The van der Waals surface area contributed by atoms with E-state index in [1.54, 1.807) is 0 Å². The van der Waals surface area contributed by atoms with Crippen molar-refractivity contribution in [3.8, 4) is 11.5 Å². The number of carbonyl (C=O) groups excluding carboxylic acids is 1. The van der Waals surface area contributed by atoms with E-state index in [4.69, 9.17) is 9.47 Å². The van der Waals surface area contributed by atoms with E-state index in [0.29, 0.717) is 50.6 Å². The normalized spacial score (nSPS) is 19.5. The molecule has 1 aliphatic carbocycles. The molecule has 2 atom stereocenters. The topological polar surface area (TPSA) is 91.3 Å². The predicted octanol–water partition coefficient (Wildman–Crippen LogP) is 5.93. The molecule has 2 amide bonds. The number of halogens is 1. The molecule has 2 heterocycles. The second-order valence-corrected chi connectivity index (χ2v) is 12.6. The Labute approximate surface area is 266 Å². The number of hydrogen-bond donors (Lipinski definition) is 2. The molecule has 1 saturated heterocycles. The second kappa shape index (κ2) is 13.4.